The molecule has 0 aliphatic carbocycles. The van der Waals surface area contributed by atoms with Gasteiger partial charge in [0, 0.05) is 13.1 Å². The fraction of sp³-hybridized carbons (Fsp3) is 0.364. The summed E-state index contributed by atoms with van der Waals surface area (Å²) in [5.41, 5.74) is 0.312. The topological polar surface area (TPSA) is 64.0 Å². The van der Waals surface area contributed by atoms with Crippen LogP contribution in [0, 0.1) is 0 Å². The molecule has 0 radical (unpaired) electrons. The number of rotatable bonds is 4. The van der Waals surface area contributed by atoms with Crippen LogP contribution in [0.5, 0.6) is 0 Å². The average Bonchev–Trinajstić information content (AvgIpc) is 2.78. The van der Waals surface area contributed by atoms with Crippen LogP contribution in [-0.2, 0) is 11.3 Å². The largest absolute Gasteiger partial charge is 0.397 e. The Morgan fingerprint density at radius 3 is 2.90 bits per heavy atom. The molecular weight excluding hydrogens is 295 g/mol. The quantitative estimate of drug-likeness (QED) is 0.931. The van der Waals surface area contributed by atoms with Crippen molar-refractivity contribution in [3.05, 3.63) is 28.1 Å². The molecule has 108 valence electrons. The molecule has 5 nitrogen and oxygen atoms in total. The molecule has 0 saturated heterocycles. The Hall–Kier alpha value is -1.90. The van der Waals surface area contributed by atoms with Crippen molar-refractivity contribution in [1.82, 2.24) is 14.9 Å². The molecule has 2 rings (SSSR count). The fourth-order valence-electron chi connectivity index (χ4n) is 1.60. The second-order valence-electron chi connectivity index (χ2n) is 4.02. The number of carbonyl (C=O) groups is 1. The van der Waals surface area contributed by atoms with Gasteiger partial charge in [0.25, 0.3) is 5.56 Å². The van der Waals surface area contributed by atoms with E-state index in [4.69, 9.17) is 0 Å². The van der Waals surface area contributed by atoms with E-state index in [0.29, 0.717) is 10.2 Å². The summed E-state index contributed by atoms with van der Waals surface area (Å²) in [6.07, 6.45) is -4.74. The third-order valence-corrected chi connectivity index (χ3v) is 3.36. The highest BCUT2D eigenvalue weighted by molar-refractivity contribution is 7.17. The molecular formula is C11H10F3N3O2S. The van der Waals surface area contributed by atoms with E-state index in [0.717, 1.165) is 0 Å². The third kappa shape index (κ3) is 3.56. The Bertz CT molecular complexity index is 677. The number of nitrogens with zero attached hydrogens (tertiary/aromatic N) is 2. The molecule has 0 atom stereocenters. The minimum atomic E-state index is -4.53. The first kappa shape index (κ1) is 14.5. The molecule has 2 aromatic rings. The Morgan fingerprint density at radius 2 is 2.20 bits per heavy atom. The Morgan fingerprint density at radius 1 is 1.45 bits per heavy atom. The summed E-state index contributed by atoms with van der Waals surface area (Å²) in [4.78, 5) is 26.9. The van der Waals surface area contributed by atoms with Crippen LogP contribution in [0.4, 0.5) is 13.2 Å². The van der Waals surface area contributed by atoms with Gasteiger partial charge in [-0.1, -0.05) is 0 Å². The highest BCUT2D eigenvalue weighted by Crippen LogP contribution is 2.18. The van der Waals surface area contributed by atoms with Gasteiger partial charge in [-0.15, -0.1) is 11.3 Å². The van der Waals surface area contributed by atoms with Gasteiger partial charge in [-0.3, -0.25) is 14.2 Å². The second-order valence-corrected chi connectivity index (χ2v) is 4.94. The number of alkyl halides is 3. The van der Waals surface area contributed by atoms with Crippen LogP contribution in [0.3, 0.4) is 0 Å². The van der Waals surface area contributed by atoms with Gasteiger partial charge in [-0.05, 0) is 11.4 Å². The number of carbonyl (C=O) groups excluding carboxylic acids is 1. The summed E-state index contributed by atoms with van der Waals surface area (Å²) >= 11 is 1.24. The van der Waals surface area contributed by atoms with Crippen LogP contribution in [0.2, 0.25) is 0 Å². The minimum Gasteiger partial charge on any atom is -0.354 e. The number of halogens is 3. The molecule has 0 aliphatic rings. The first-order chi connectivity index (χ1) is 9.37. The average molecular weight is 305 g/mol. The lowest BCUT2D eigenvalue weighted by Gasteiger charge is -2.08. The van der Waals surface area contributed by atoms with Gasteiger partial charge in [-0.25, -0.2) is 4.98 Å². The van der Waals surface area contributed by atoms with Crippen LogP contribution in [-0.4, -0.2) is 28.2 Å². The molecule has 0 aliphatic heterocycles. The molecule has 0 fully saturated rings. The standard InChI is InChI=1S/C11H10F3N3O2S/c12-11(13,14)5-8(18)15-2-3-17-6-16-7-1-4-20-9(7)10(17)19/h1,4,6H,2-3,5H2,(H,15,18). The molecule has 20 heavy (non-hydrogen) atoms. The van der Waals surface area contributed by atoms with Gasteiger partial charge >= 0.3 is 6.18 Å². The van der Waals surface area contributed by atoms with Crippen LogP contribution in [0.15, 0.2) is 22.6 Å². The molecule has 2 heterocycles. The number of hydrogen-bond donors (Lipinski definition) is 1. The number of nitrogens with one attached hydrogen (secondary N) is 1. The van der Waals surface area contributed by atoms with Crippen molar-refractivity contribution < 1.29 is 18.0 Å². The van der Waals surface area contributed by atoms with Crippen LogP contribution < -0.4 is 10.9 Å². The van der Waals surface area contributed by atoms with Crippen molar-refractivity contribution in [1.29, 1.82) is 0 Å². The highest BCUT2D eigenvalue weighted by Gasteiger charge is 2.30. The maximum absolute atomic E-state index is 11.9. The van der Waals surface area contributed by atoms with E-state index in [1.54, 1.807) is 11.4 Å². The molecule has 2 aromatic heterocycles. The van der Waals surface area contributed by atoms with Gasteiger partial charge in [0.2, 0.25) is 5.91 Å². The molecule has 0 bridgehead atoms. The predicted molar refractivity (Wildman–Crippen MR) is 67.6 cm³/mol. The van der Waals surface area contributed by atoms with Gasteiger partial charge in [0.1, 0.15) is 11.1 Å². The summed E-state index contributed by atoms with van der Waals surface area (Å²) < 4.78 is 37.5. The third-order valence-electron chi connectivity index (χ3n) is 2.47. The molecule has 0 saturated carbocycles. The van der Waals surface area contributed by atoms with Crippen LogP contribution >= 0.6 is 11.3 Å². The summed E-state index contributed by atoms with van der Waals surface area (Å²) in [5, 5.41) is 3.84. The van der Waals surface area contributed by atoms with E-state index in [2.05, 4.69) is 10.3 Å². The fourth-order valence-corrected chi connectivity index (χ4v) is 2.39. The van der Waals surface area contributed by atoms with Gasteiger partial charge < -0.3 is 5.32 Å². The van der Waals surface area contributed by atoms with Crippen LogP contribution in [0.25, 0.3) is 10.2 Å². The summed E-state index contributed by atoms with van der Waals surface area (Å²) in [7, 11) is 0. The maximum Gasteiger partial charge on any atom is 0.397 e. The lowest BCUT2D eigenvalue weighted by Crippen LogP contribution is -2.33. The van der Waals surface area contributed by atoms with Gasteiger partial charge in [0.05, 0.1) is 11.8 Å². The molecule has 1 N–H and O–H groups in total. The van der Waals surface area contributed by atoms with E-state index in [-0.39, 0.29) is 18.6 Å². The number of amides is 1. The molecule has 0 unspecified atom stereocenters. The first-order valence-electron chi connectivity index (χ1n) is 5.63. The van der Waals surface area contributed by atoms with Gasteiger partial charge in [-0.2, -0.15) is 13.2 Å². The summed E-state index contributed by atoms with van der Waals surface area (Å²) in [5.74, 6) is -1.12. The first-order valence-corrected chi connectivity index (χ1v) is 6.51. The van der Waals surface area contributed by atoms with Crippen molar-refractivity contribution in [2.24, 2.45) is 0 Å². The van der Waals surface area contributed by atoms with E-state index in [1.807, 2.05) is 0 Å². The SMILES string of the molecule is O=C(CC(F)(F)F)NCCn1cnc2ccsc2c1=O. The molecule has 1 amide bonds. The zero-order chi connectivity index (χ0) is 14.8. The van der Waals surface area contributed by atoms with Crippen molar-refractivity contribution in [3.8, 4) is 0 Å². The van der Waals surface area contributed by atoms with E-state index >= 15 is 0 Å². The summed E-state index contributed by atoms with van der Waals surface area (Å²) in [6, 6.07) is 1.71. The lowest BCUT2D eigenvalue weighted by molar-refractivity contribution is -0.153. The predicted octanol–water partition coefficient (Wildman–Crippen LogP) is 1.53. The zero-order valence-corrected chi connectivity index (χ0v) is 10.9. The molecule has 9 heteroatoms. The zero-order valence-electron chi connectivity index (χ0n) is 10.1. The smallest absolute Gasteiger partial charge is 0.354 e. The van der Waals surface area contributed by atoms with E-state index < -0.39 is 18.5 Å². The second kappa shape index (κ2) is 5.61. The van der Waals surface area contributed by atoms with E-state index in [1.165, 1.54) is 22.2 Å². The van der Waals surface area contributed by atoms with Crippen molar-refractivity contribution in [2.45, 2.75) is 19.1 Å². The molecule has 0 aromatic carbocycles. The number of thiophene rings is 1. The number of hydrogen-bond acceptors (Lipinski definition) is 4. The molecule has 0 spiro atoms. The highest BCUT2D eigenvalue weighted by atomic mass is 32.1. The van der Waals surface area contributed by atoms with Crippen molar-refractivity contribution in [2.75, 3.05) is 6.54 Å². The summed E-state index contributed by atoms with van der Waals surface area (Å²) in [6.45, 7) is 0.0106. The minimum absolute atomic E-state index is 0.0621. The lowest BCUT2D eigenvalue weighted by atomic mass is 10.4. The number of fused-ring (bicyclic) bond motifs is 1. The van der Waals surface area contributed by atoms with Crippen molar-refractivity contribution >= 4 is 27.5 Å². The monoisotopic (exact) mass is 305 g/mol. The van der Waals surface area contributed by atoms with E-state index in [9.17, 15) is 22.8 Å². The Balaban J connectivity index is 1.95. The number of aromatic nitrogens is 2. The maximum atomic E-state index is 11.9. The van der Waals surface area contributed by atoms with Gasteiger partial charge in [0.15, 0.2) is 0 Å². The van der Waals surface area contributed by atoms with Crippen molar-refractivity contribution in [3.63, 3.8) is 0 Å². The Kier molecular flexibility index (Phi) is 4.07. The van der Waals surface area contributed by atoms with Crippen LogP contribution in [0.1, 0.15) is 6.42 Å². The Labute approximate surface area is 115 Å². The normalized spacial score (nSPS) is 11.8.